The van der Waals surface area contributed by atoms with Crippen molar-refractivity contribution in [1.82, 2.24) is 0 Å². The van der Waals surface area contributed by atoms with Crippen molar-refractivity contribution in [2.75, 3.05) is 5.73 Å². The number of nitrogens with two attached hydrogens (primary N) is 1. The quantitative estimate of drug-likeness (QED) is 0.817. The first-order valence-electron chi connectivity index (χ1n) is 4.65. The van der Waals surface area contributed by atoms with Crippen LogP contribution in [0, 0.1) is 0 Å². The van der Waals surface area contributed by atoms with Crippen LogP contribution in [0.4, 0.5) is 18.9 Å². The van der Waals surface area contributed by atoms with Crippen LogP contribution in [-0.2, 0) is 6.18 Å². The van der Waals surface area contributed by atoms with E-state index in [1.54, 1.807) is 12.1 Å². The summed E-state index contributed by atoms with van der Waals surface area (Å²) in [6.45, 7) is 0. The number of rotatable bonds is 2. The monoisotopic (exact) mass is 275 g/mol. The molecule has 1 heterocycles. The Morgan fingerprint density at radius 1 is 1.18 bits per heavy atom. The number of hydrogen-bond acceptors (Lipinski definition) is 3. The lowest BCUT2D eigenvalue weighted by Crippen LogP contribution is -2.07. The highest BCUT2D eigenvalue weighted by atomic mass is 32.2. The average molecular weight is 275 g/mol. The van der Waals surface area contributed by atoms with E-state index >= 15 is 0 Å². The maximum absolute atomic E-state index is 12.8. The zero-order chi connectivity index (χ0) is 12.5. The van der Waals surface area contributed by atoms with Gasteiger partial charge in [0.05, 0.1) is 9.77 Å². The highest BCUT2D eigenvalue weighted by Gasteiger charge is 2.33. The average Bonchev–Trinajstić information content (AvgIpc) is 2.72. The largest absolute Gasteiger partial charge is 0.417 e. The Morgan fingerprint density at radius 3 is 2.53 bits per heavy atom. The summed E-state index contributed by atoms with van der Waals surface area (Å²) < 4.78 is 39.2. The molecule has 2 N–H and O–H groups in total. The van der Waals surface area contributed by atoms with Gasteiger partial charge in [-0.25, -0.2) is 0 Å². The Balaban J connectivity index is 2.40. The van der Waals surface area contributed by atoms with Crippen molar-refractivity contribution >= 4 is 28.8 Å². The Hall–Kier alpha value is -1.14. The van der Waals surface area contributed by atoms with Crippen molar-refractivity contribution in [1.29, 1.82) is 0 Å². The summed E-state index contributed by atoms with van der Waals surface area (Å²) in [6.07, 6.45) is -4.38. The molecular formula is C11H8F3NS2. The Bertz CT molecular complexity index is 506. The van der Waals surface area contributed by atoms with Crippen LogP contribution in [0.1, 0.15) is 5.56 Å². The van der Waals surface area contributed by atoms with Gasteiger partial charge in [0.15, 0.2) is 0 Å². The minimum atomic E-state index is -4.38. The van der Waals surface area contributed by atoms with Crippen LogP contribution in [0.2, 0.25) is 0 Å². The Labute approximate surface area is 104 Å². The molecule has 0 saturated carbocycles. The summed E-state index contributed by atoms with van der Waals surface area (Å²) in [4.78, 5) is 0.175. The van der Waals surface area contributed by atoms with Crippen molar-refractivity contribution in [3.8, 4) is 0 Å². The number of hydrogen-bond donors (Lipinski definition) is 1. The molecule has 2 aromatic rings. The second-order valence-electron chi connectivity index (χ2n) is 3.29. The van der Waals surface area contributed by atoms with Crippen molar-refractivity contribution < 1.29 is 13.2 Å². The molecule has 0 aliphatic rings. The lowest BCUT2D eigenvalue weighted by molar-refractivity contribution is -0.139. The molecular weight excluding hydrogens is 267 g/mol. The molecule has 0 bridgehead atoms. The molecule has 0 aliphatic carbocycles. The van der Waals surface area contributed by atoms with Crippen LogP contribution in [0.5, 0.6) is 0 Å². The first-order chi connectivity index (χ1) is 7.97. The van der Waals surface area contributed by atoms with E-state index in [0.29, 0.717) is 0 Å². The predicted octanol–water partition coefficient (Wildman–Crippen LogP) is 4.50. The summed E-state index contributed by atoms with van der Waals surface area (Å²) in [6, 6.07) is 7.44. The number of alkyl halides is 3. The van der Waals surface area contributed by atoms with Gasteiger partial charge in [-0.3, -0.25) is 0 Å². The minimum Gasteiger partial charge on any atom is -0.399 e. The van der Waals surface area contributed by atoms with E-state index in [4.69, 9.17) is 5.73 Å². The van der Waals surface area contributed by atoms with E-state index in [1.165, 1.54) is 23.5 Å². The van der Waals surface area contributed by atoms with Gasteiger partial charge in [-0.1, -0.05) is 17.8 Å². The normalized spacial score (nSPS) is 11.7. The van der Waals surface area contributed by atoms with Crippen LogP contribution in [-0.4, -0.2) is 0 Å². The fourth-order valence-corrected chi connectivity index (χ4v) is 3.15. The SMILES string of the molecule is Nc1ccc(Sc2cccs2)c(C(F)(F)F)c1. The van der Waals surface area contributed by atoms with Crippen LogP contribution >= 0.6 is 23.1 Å². The topological polar surface area (TPSA) is 26.0 Å². The highest BCUT2D eigenvalue weighted by molar-refractivity contribution is 8.01. The molecule has 6 heteroatoms. The molecule has 0 saturated heterocycles. The van der Waals surface area contributed by atoms with Crippen molar-refractivity contribution in [3.05, 3.63) is 41.3 Å². The van der Waals surface area contributed by atoms with Gasteiger partial charge in [-0.15, -0.1) is 11.3 Å². The van der Waals surface area contributed by atoms with E-state index in [1.807, 2.05) is 5.38 Å². The summed E-state index contributed by atoms with van der Waals surface area (Å²) in [5.41, 5.74) is 4.82. The molecule has 0 amide bonds. The number of halogens is 3. The van der Waals surface area contributed by atoms with E-state index < -0.39 is 11.7 Å². The molecule has 0 atom stereocenters. The maximum Gasteiger partial charge on any atom is 0.417 e. The molecule has 1 aromatic heterocycles. The van der Waals surface area contributed by atoms with Gasteiger partial charge in [0.1, 0.15) is 0 Å². The third kappa shape index (κ3) is 2.95. The predicted molar refractivity (Wildman–Crippen MR) is 64.3 cm³/mol. The molecule has 1 nitrogen and oxygen atoms in total. The van der Waals surface area contributed by atoms with Crippen LogP contribution in [0.15, 0.2) is 44.8 Å². The Morgan fingerprint density at radius 2 is 1.94 bits per heavy atom. The Kier molecular flexibility index (Phi) is 3.35. The number of anilines is 1. The van der Waals surface area contributed by atoms with Crippen LogP contribution < -0.4 is 5.73 Å². The van der Waals surface area contributed by atoms with Crippen molar-refractivity contribution in [2.24, 2.45) is 0 Å². The third-order valence-corrected chi connectivity index (χ3v) is 4.13. The van der Waals surface area contributed by atoms with E-state index in [2.05, 4.69) is 0 Å². The molecule has 0 spiro atoms. The summed E-state index contributed by atoms with van der Waals surface area (Å²) >= 11 is 2.51. The van der Waals surface area contributed by atoms with Crippen LogP contribution in [0.3, 0.4) is 0 Å². The number of benzene rings is 1. The standard InChI is InChI=1S/C11H8F3NS2/c12-11(13,14)8-6-7(15)3-4-9(8)17-10-2-1-5-16-10/h1-6H,15H2. The molecule has 0 fully saturated rings. The van der Waals surface area contributed by atoms with Gasteiger partial charge >= 0.3 is 6.18 Å². The molecule has 0 unspecified atom stereocenters. The first-order valence-corrected chi connectivity index (χ1v) is 6.34. The van der Waals surface area contributed by atoms with Gasteiger partial charge in [0, 0.05) is 10.6 Å². The van der Waals surface area contributed by atoms with Gasteiger partial charge in [-0.2, -0.15) is 13.2 Å². The van der Waals surface area contributed by atoms with Gasteiger partial charge in [0.2, 0.25) is 0 Å². The number of nitrogen functional groups attached to an aromatic ring is 1. The zero-order valence-electron chi connectivity index (χ0n) is 8.49. The molecule has 17 heavy (non-hydrogen) atoms. The van der Waals surface area contributed by atoms with Crippen molar-refractivity contribution in [2.45, 2.75) is 15.3 Å². The molecule has 1 aromatic carbocycles. The van der Waals surface area contributed by atoms with E-state index in [9.17, 15) is 13.2 Å². The van der Waals surface area contributed by atoms with Crippen LogP contribution in [0.25, 0.3) is 0 Å². The van der Waals surface area contributed by atoms with Gasteiger partial charge in [-0.05, 0) is 29.6 Å². The fourth-order valence-electron chi connectivity index (χ4n) is 1.29. The molecule has 0 aliphatic heterocycles. The molecule has 90 valence electrons. The first kappa shape index (κ1) is 12.3. The lowest BCUT2D eigenvalue weighted by Gasteiger charge is -2.12. The van der Waals surface area contributed by atoms with Gasteiger partial charge < -0.3 is 5.73 Å². The van der Waals surface area contributed by atoms with Gasteiger partial charge in [0.25, 0.3) is 0 Å². The lowest BCUT2D eigenvalue weighted by atomic mass is 10.2. The fraction of sp³-hybridized carbons (Fsp3) is 0.0909. The van der Waals surface area contributed by atoms with Crippen molar-refractivity contribution in [3.63, 3.8) is 0 Å². The number of thiophene rings is 1. The highest BCUT2D eigenvalue weighted by Crippen LogP contribution is 2.41. The second-order valence-corrected chi connectivity index (χ2v) is 5.58. The van der Waals surface area contributed by atoms with E-state index in [0.717, 1.165) is 22.0 Å². The third-order valence-electron chi connectivity index (χ3n) is 2.01. The summed E-state index contributed by atoms with van der Waals surface area (Å²) in [5, 5.41) is 1.83. The smallest absolute Gasteiger partial charge is 0.399 e. The maximum atomic E-state index is 12.8. The molecule has 0 radical (unpaired) electrons. The summed E-state index contributed by atoms with van der Waals surface area (Å²) in [5.74, 6) is 0. The minimum absolute atomic E-state index is 0.118. The van der Waals surface area contributed by atoms with E-state index in [-0.39, 0.29) is 10.6 Å². The molecule has 2 rings (SSSR count). The zero-order valence-corrected chi connectivity index (χ0v) is 10.1. The second kappa shape index (κ2) is 4.62. The summed E-state index contributed by atoms with van der Waals surface area (Å²) in [7, 11) is 0.